The number of hydrogen-bond acceptors (Lipinski definition) is 4. The molecule has 0 spiro atoms. The number of hydrogen-bond donors (Lipinski definition) is 0. The van der Waals surface area contributed by atoms with Gasteiger partial charge in [-0.15, -0.1) is 0 Å². The molecule has 2 heterocycles. The predicted molar refractivity (Wildman–Crippen MR) is 151 cm³/mol. The van der Waals surface area contributed by atoms with E-state index in [1.807, 2.05) is 67.6 Å². The average Bonchev–Trinajstić information content (AvgIpc) is 3.23. The molecule has 0 aliphatic carbocycles. The maximum Gasteiger partial charge on any atom is 0.261 e. The summed E-state index contributed by atoms with van der Waals surface area (Å²) in [5, 5.41) is 9.48. The van der Waals surface area contributed by atoms with Gasteiger partial charge in [-0.2, -0.15) is 5.26 Å². The molecule has 5 rings (SSSR count). The Hall–Kier alpha value is -4.17. The van der Waals surface area contributed by atoms with Crippen molar-refractivity contribution < 1.29 is 4.74 Å². The highest BCUT2D eigenvalue weighted by atomic mass is 16.5. The highest BCUT2D eigenvalue weighted by Gasteiger charge is 2.30. The summed E-state index contributed by atoms with van der Waals surface area (Å²) in [4.78, 5) is 19.1. The molecule has 5 heteroatoms. The number of fused-ring (bicyclic) bond motifs is 1. The van der Waals surface area contributed by atoms with Gasteiger partial charge in [-0.25, -0.2) is 4.98 Å². The molecule has 0 fully saturated rings. The summed E-state index contributed by atoms with van der Waals surface area (Å²) in [7, 11) is 0. The molecule has 5 nitrogen and oxygen atoms in total. The van der Waals surface area contributed by atoms with Crippen LogP contribution in [0.1, 0.15) is 67.9 Å². The van der Waals surface area contributed by atoms with Gasteiger partial charge in [-0.05, 0) is 61.2 Å². The van der Waals surface area contributed by atoms with Crippen molar-refractivity contribution in [3.63, 3.8) is 0 Å². The summed E-state index contributed by atoms with van der Waals surface area (Å²) in [5.74, 6) is 1.67. The van der Waals surface area contributed by atoms with Crippen LogP contribution in [0.25, 0.3) is 16.8 Å². The van der Waals surface area contributed by atoms with Crippen molar-refractivity contribution in [2.24, 2.45) is 0 Å². The highest BCUT2D eigenvalue weighted by Crippen LogP contribution is 2.36. The summed E-state index contributed by atoms with van der Waals surface area (Å²) in [5.41, 5.74) is 6.93. The quantitative estimate of drug-likeness (QED) is 0.285. The van der Waals surface area contributed by atoms with Crippen molar-refractivity contribution >= 4 is 0 Å². The van der Waals surface area contributed by atoms with Crippen LogP contribution >= 0.6 is 0 Å². The Morgan fingerprint density at radius 2 is 1.82 bits per heavy atom. The third kappa shape index (κ3) is 4.87. The lowest BCUT2D eigenvalue weighted by Gasteiger charge is -2.17. The van der Waals surface area contributed by atoms with E-state index in [-0.39, 0.29) is 11.2 Å². The Labute approximate surface area is 224 Å². The largest absolute Gasteiger partial charge is 0.487 e. The molecule has 0 saturated carbocycles. The van der Waals surface area contributed by atoms with Gasteiger partial charge in [0.2, 0.25) is 0 Å². The molecule has 38 heavy (non-hydrogen) atoms. The monoisotopic (exact) mass is 503 g/mol. The smallest absolute Gasteiger partial charge is 0.261 e. The predicted octanol–water partition coefficient (Wildman–Crippen LogP) is 6.59. The highest BCUT2D eigenvalue weighted by molar-refractivity contribution is 5.70. The lowest BCUT2D eigenvalue weighted by atomic mass is 9.97. The number of ether oxygens (including phenoxy) is 1. The fraction of sp³-hybridized carbons (Fsp3) is 0.303. The topological polar surface area (TPSA) is 67.9 Å². The molecule has 1 aromatic heterocycles. The molecule has 4 aromatic rings. The van der Waals surface area contributed by atoms with Crippen LogP contribution in [-0.2, 0) is 25.7 Å². The summed E-state index contributed by atoms with van der Waals surface area (Å²) in [6, 6.07) is 24.0. The van der Waals surface area contributed by atoms with E-state index in [0.717, 1.165) is 70.0 Å². The number of rotatable bonds is 7. The Balaban J connectivity index is 1.55. The molecular formula is C33H33N3O2. The van der Waals surface area contributed by atoms with Gasteiger partial charge in [0.1, 0.15) is 17.2 Å². The first-order chi connectivity index (χ1) is 18.3. The Morgan fingerprint density at radius 3 is 2.53 bits per heavy atom. The average molecular weight is 504 g/mol. The first kappa shape index (κ1) is 25.5. The Kier molecular flexibility index (Phi) is 6.91. The van der Waals surface area contributed by atoms with E-state index in [4.69, 9.17) is 9.72 Å². The zero-order chi connectivity index (χ0) is 26.9. The number of nitrogens with zero attached hydrogens (tertiary/aromatic N) is 3. The molecule has 0 radical (unpaired) electrons. The van der Waals surface area contributed by atoms with Crippen LogP contribution in [0, 0.1) is 11.3 Å². The number of nitriles is 1. The van der Waals surface area contributed by atoms with Crippen molar-refractivity contribution in [2.45, 2.75) is 65.4 Å². The third-order valence-corrected chi connectivity index (χ3v) is 7.13. The number of aromatic nitrogens is 2. The van der Waals surface area contributed by atoms with Gasteiger partial charge < -0.3 is 4.74 Å². The van der Waals surface area contributed by atoms with Gasteiger partial charge in [0.05, 0.1) is 23.0 Å². The van der Waals surface area contributed by atoms with Crippen LogP contribution < -0.4 is 10.3 Å². The minimum Gasteiger partial charge on any atom is -0.487 e. The van der Waals surface area contributed by atoms with Crippen molar-refractivity contribution in [3.05, 3.63) is 111 Å². The molecule has 0 amide bonds. The first-order valence-corrected chi connectivity index (χ1v) is 13.4. The van der Waals surface area contributed by atoms with E-state index in [1.54, 1.807) is 4.57 Å². The van der Waals surface area contributed by atoms with Crippen LogP contribution in [0.2, 0.25) is 0 Å². The van der Waals surface area contributed by atoms with E-state index < -0.39 is 0 Å². The molecule has 192 valence electrons. The van der Waals surface area contributed by atoms with Gasteiger partial charge in [-0.1, -0.05) is 62.7 Å². The third-order valence-electron chi connectivity index (χ3n) is 7.13. The molecule has 1 aliphatic heterocycles. The van der Waals surface area contributed by atoms with Gasteiger partial charge in [0.15, 0.2) is 0 Å². The zero-order valence-electron chi connectivity index (χ0n) is 22.5. The maximum absolute atomic E-state index is 14.1. The standard InChI is InChI=1S/C33H33N3O2/c1-5-9-29-28(18-22-12-14-23(15-13-22)27-11-8-7-10-24(27)21-34)32(37)36(31(6-2)35-29)26-16-17-30-25(19-26)20-33(3,4)38-30/h7-8,10-17,19H,5-6,9,18,20H2,1-4H3. The Morgan fingerprint density at radius 1 is 1.05 bits per heavy atom. The molecule has 0 saturated heterocycles. The number of benzene rings is 3. The van der Waals surface area contributed by atoms with Crippen molar-refractivity contribution in [2.75, 3.05) is 0 Å². The SMILES string of the molecule is CCCc1nc(CC)n(-c2ccc3c(c2)CC(C)(C)O3)c(=O)c1Cc1ccc(-c2ccccc2C#N)cc1. The lowest BCUT2D eigenvalue weighted by Crippen LogP contribution is -2.29. The number of aryl methyl sites for hydroxylation is 2. The fourth-order valence-electron chi connectivity index (χ4n) is 5.35. The minimum absolute atomic E-state index is 0.00247. The van der Waals surface area contributed by atoms with E-state index in [0.29, 0.717) is 18.4 Å². The molecular weight excluding hydrogens is 470 g/mol. The second-order valence-electron chi connectivity index (χ2n) is 10.6. The second-order valence-corrected chi connectivity index (χ2v) is 10.6. The molecule has 0 atom stereocenters. The molecule has 0 unspecified atom stereocenters. The van der Waals surface area contributed by atoms with Gasteiger partial charge in [-0.3, -0.25) is 9.36 Å². The maximum atomic E-state index is 14.1. The first-order valence-electron chi connectivity index (χ1n) is 13.4. The second kappa shape index (κ2) is 10.3. The summed E-state index contributed by atoms with van der Waals surface area (Å²) < 4.78 is 7.85. The van der Waals surface area contributed by atoms with Crippen LogP contribution in [0.4, 0.5) is 0 Å². The van der Waals surface area contributed by atoms with Crippen molar-refractivity contribution in [1.82, 2.24) is 9.55 Å². The minimum atomic E-state index is -0.242. The van der Waals surface area contributed by atoms with Crippen molar-refractivity contribution in [3.8, 4) is 28.6 Å². The normalized spacial score (nSPS) is 13.6. The van der Waals surface area contributed by atoms with Gasteiger partial charge in [0.25, 0.3) is 5.56 Å². The molecule has 0 bridgehead atoms. The molecule has 0 N–H and O–H groups in total. The van der Waals surface area contributed by atoms with Crippen LogP contribution in [0.3, 0.4) is 0 Å². The van der Waals surface area contributed by atoms with Crippen LogP contribution in [0.15, 0.2) is 71.5 Å². The van der Waals surface area contributed by atoms with E-state index in [1.165, 1.54) is 0 Å². The summed E-state index contributed by atoms with van der Waals surface area (Å²) in [6.07, 6.45) is 3.66. The fourth-order valence-corrected chi connectivity index (χ4v) is 5.35. The lowest BCUT2D eigenvalue weighted by molar-refractivity contribution is 0.138. The molecule has 3 aromatic carbocycles. The van der Waals surface area contributed by atoms with E-state index in [9.17, 15) is 10.1 Å². The van der Waals surface area contributed by atoms with Crippen LogP contribution in [-0.4, -0.2) is 15.2 Å². The van der Waals surface area contributed by atoms with E-state index >= 15 is 0 Å². The Bertz CT molecular complexity index is 1590. The van der Waals surface area contributed by atoms with Crippen molar-refractivity contribution in [1.29, 1.82) is 5.26 Å². The zero-order valence-corrected chi connectivity index (χ0v) is 22.5. The summed E-state index contributed by atoms with van der Waals surface area (Å²) in [6.45, 7) is 8.33. The van der Waals surface area contributed by atoms with Gasteiger partial charge >= 0.3 is 0 Å². The van der Waals surface area contributed by atoms with Crippen LogP contribution in [0.5, 0.6) is 5.75 Å². The summed E-state index contributed by atoms with van der Waals surface area (Å²) >= 11 is 0. The molecule has 1 aliphatic rings. The van der Waals surface area contributed by atoms with Gasteiger partial charge in [0, 0.05) is 30.4 Å². The van der Waals surface area contributed by atoms with E-state index in [2.05, 4.69) is 32.9 Å².